The molecule has 1 aliphatic heterocycles. The number of hydrogen-bond acceptors (Lipinski definition) is 3. The first-order chi connectivity index (χ1) is 7.42. The summed E-state index contributed by atoms with van der Waals surface area (Å²) in [5.41, 5.74) is 1.29. The molecule has 1 fully saturated rings. The fourth-order valence-electron chi connectivity index (χ4n) is 2.29. The van der Waals surface area contributed by atoms with Gasteiger partial charge in [-0.15, -0.1) is 0 Å². The van der Waals surface area contributed by atoms with Gasteiger partial charge in [0.2, 0.25) is 0 Å². The lowest BCUT2D eigenvalue weighted by Gasteiger charge is -2.35. The van der Waals surface area contributed by atoms with Crippen LogP contribution >= 0.6 is 0 Å². The molecule has 2 rings (SSSR count). The molecular weight excluding hydrogens is 186 g/mol. The molecule has 1 aromatic heterocycles. The molecule has 1 aromatic rings. The van der Waals surface area contributed by atoms with Gasteiger partial charge in [0.15, 0.2) is 0 Å². The maximum Gasteiger partial charge on any atom is 0.0414 e. The number of piperidine rings is 1. The van der Waals surface area contributed by atoms with Crippen molar-refractivity contribution in [2.45, 2.75) is 25.8 Å². The topological polar surface area (TPSA) is 28.2 Å². The first kappa shape index (κ1) is 10.4. The van der Waals surface area contributed by atoms with Crippen LogP contribution in [0.2, 0.25) is 0 Å². The third kappa shape index (κ3) is 2.48. The summed E-state index contributed by atoms with van der Waals surface area (Å²) in [6, 6.07) is 4.84. The first-order valence-corrected chi connectivity index (χ1v) is 5.79. The van der Waals surface area contributed by atoms with Gasteiger partial charge < -0.3 is 10.2 Å². The van der Waals surface area contributed by atoms with Crippen molar-refractivity contribution in [3.05, 3.63) is 24.5 Å². The molecule has 1 saturated heterocycles. The molecule has 0 aromatic carbocycles. The Hall–Kier alpha value is -1.09. The van der Waals surface area contributed by atoms with Gasteiger partial charge in [0.25, 0.3) is 0 Å². The third-order valence-corrected chi connectivity index (χ3v) is 3.05. The van der Waals surface area contributed by atoms with E-state index in [1.807, 2.05) is 12.4 Å². The lowest BCUT2D eigenvalue weighted by molar-refractivity contribution is 0.435. The third-order valence-electron chi connectivity index (χ3n) is 3.05. The molecule has 1 N–H and O–H groups in total. The van der Waals surface area contributed by atoms with Crippen molar-refractivity contribution in [3.8, 4) is 0 Å². The maximum absolute atomic E-state index is 4.06. The first-order valence-electron chi connectivity index (χ1n) is 5.79. The molecule has 1 atom stereocenters. The van der Waals surface area contributed by atoms with Gasteiger partial charge in [-0.25, -0.2) is 0 Å². The molecule has 2 heterocycles. The summed E-state index contributed by atoms with van der Waals surface area (Å²) in [6.07, 6.45) is 6.32. The van der Waals surface area contributed by atoms with Crippen molar-refractivity contribution in [2.75, 3.05) is 24.5 Å². The Labute approximate surface area is 91.5 Å². The average Bonchev–Trinajstić information content (AvgIpc) is 2.33. The van der Waals surface area contributed by atoms with E-state index in [2.05, 4.69) is 34.3 Å². The Bertz CT molecular complexity index is 280. The molecule has 15 heavy (non-hydrogen) atoms. The van der Waals surface area contributed by atoms with E-state index in [9.17, 15) is 0 Å². The number of nitrogens with zero attached hydrogens (tertiary/aromatic N) is 2. The number of nitrogens with one attached hydrogen (secondary N) is 1. The number of rotatable bonds is 3. The van der Waals surface area contributed by atoms with Crippen molar-refractivity contribution in [2.24, 2.45) is 0 Å². The standard InChI is InChI=1S/C12H19N3/c1-2-15(11-5-8-13-9-6-11)12-4-3-7-14-10-12/h5-6,8-9,12,14H,2-4,7,10H2,1H3. The quantitative estimate of drug-likeness (QED) is 0.813. The van der Waals surface area contributed by atoms with Gasteiger partial charge >= 0.3 is 0 Å². The van der Waals surface area contributed by atoms with Crippen LogP contribution in [-0.2, 0) is 0 Å². The molecule has 1 aliphatic rings. The fourth-order valence-corrected chi connectivity index (χ4v) is 2.29. The Morgan fingerprint density at radius 3 is 2.87 bits per heavy atom. The summed E-state index contributed by atoms with van der Waals surface area (Å²) in [5, 5.41) is 3.46. The second-order valence-electron chi connectivity index (χ2n) is 3.99. The Morgan fingerprint density at radius 1 is 1.47 bits per heavy atom. The highest BCUT2D eigenvalue weighted by atomic mass is 15.2. The zero-order valence-electron chi connectivity index (χ0n) is 9.32. The molecule has 82 valence electrons. The smallest absolute Gasteiger partial charge is 0.0414 e. The molecule has 0 spiro atoms. The monoisotopic (exact) mass is 205 g/mol. The summed E-state index contributed by atoms with van der Waals surface area (Å²) >= 11 is 0. The molecule has 0 aliphatic carbocycles. The predicted octanol–water partition coefficient (Wildman–Crippen LogP) is 1.66. The van der Waals surface area contributed by atoms with Crippen LogP contribution < -0.4 is 10.2 Å². The van der Waals surface area contributed by atoms with Crippen molar-refractivity contribution >= 4 is 5.69 Å². The van der Waals surface area contributed by atoms with Crippen LogP contribution in [0.4, 0.5) is 5.69 Å². The van der Waals surface area contributed by atoms with Crippen molar-refractivity contribution in [3.63, 3.8) is 0 Å². The van der Waals surface area contributed by atoms with Crippen LogP contribution in [-0.4, -0.2) is 30.7 Å². The van der Waals surface area contributed by atoms with Gasteiger partial charge in [-0.3, -0.25) is 4.98 Å². The van der Waals surface area contributed by atoms with Crippen LogP contribution in [0.3, 0.4) is 0 Å². The van der Waals surface area contributed by atoms with Crippen LogP contribution in [0.25, 0.3) is 0 Å². The fraction of sp³-hybridized carbons (Fsp3) is 0.583. The second kappa shape index (κ2) is 5.12. The van der Waals surface area contributed by atoms with E-state index in [0.29, 0.717) is 6.04 Å². The van der Waals surface area contributed by atoms with Gasteiger partial charge in [-0.2, -0.15) is 0 Å². The van der Waals surface area contributed by atoms with E-state index < -0.39 is 0 Å². The highest BCUT2D eigenvalue weighted by Gasteiger charge is 2.19. The van der Waals surface area contributed by atoms with Crippen molar-refractivity contribution < 1.29 is 0 Å². The van der Waals surface area contributed by atoms with E-state index in [0.717, 1.165) is 13.1 Å². The summed E-state index contributed by atoms with van der Waals surface area (Å²) < 4.78 is 0. The predicted molar refractivity (Wildman–Crippen MR) is 63.1 cm³/mol. The number of pyridine rings is 1. The maximum atomic E-state index is 4.06. The molecular formula is C12H19N3. The van der Waals surface area contributed by atoms with E-state index in [1.54, 1.807) is 0 Å². The normalized spacial score (nSPS) is 21.3. The summed E-state index contributed by atoms with van der Waals surface area (Å²) in [6.45, 7) is 5.56. The molecule has 0 radical (unpaired) electrons. The average molecular weight is 205 g/mol. The molecule has 3 heteroatoms. The number of hydrogen-bond donors (Lipinski definition) is 1. The Morgan fingerprint density at radius 2 is 2.27 bits per heavy atom. The van der Waals surface area contributed by atoms with Crippen LogP contribution in [0.1, 0.15) is 19.8 Å². The van der Waals surface area contributed by atoms with Gasteiger partial charge in [-0.1, -0.05) is 0 Å². The van der Waals surface area contributed by atoms with E-state index >= 15 is 0 Å². The van der Waals surface area contributed by atoms with Crippen LogP contribution in [0.5, 0.6) is 0 Å². The zero-order valence-corrected chi connectivity index (χ0v) is 9.32. The van der Waals surface area contributed by atoms with Crippen LogP contribution in [0, 0.1) is 0 Å². The van der Waals surface area contributed by atoms with E-state index in [1.165, 1.54) is 25.1 Å². The highest BCUT2D eigenvalue weighted by molar-refractivity contribution is 5.45. The minimum absolute atomic E-state index is 0.645. The molecule has 1 unspecified atom stereocenters. The largest absolute Gasteiger partial charge is 0.367 e. The Balaban J connectivity index is 2.09. The Kier molecular flexibility index (Phi) is 3.56. The summed E-state index contributed by atoms with van der Waals surface area (Å²) in [5.74, 6) is 0. The molecule has 0 bridgehead atoms. The zero-order chi connectivity index (χ0) is 10.5. The molecule has 3 nitrogen and oxygen atoms in total. The van der Waals surface area contributed by atoms with E-state index in [-0.39, 0.29) is 0 Å². The summed E-state index contributed by atoms with van der Waals surface area (Å²) in [7, 11) is 0. The minimum atomic E-state index is 0.645. The molecule has 0 amide bonds. The number of aromatic nitrogens is 1. The SMILES string of the molecule is CCN(c1ccncc1)C1CCCNC1. The lowest BCUT2D eigenvalue weighted by Crippen LogP contribution is -2.46. The number of anilines is 1. The van der Waals surface area contributed by atoms with Gasteiger partial charge in [0.1, 0.15) is 0 Å². The van der Waals surface area contributed by atoms with Gasteiger partial charge in [0.05, 0.1) is 0 Å². The summed E-state index contributed by atoms with van der Waals surface area (Å²) in [4.78, 5) is 6.53. The van der Waals surface area contributed by atoms with Crippen LogP contribution in [0.15, 0.2) is 24.5 Å². The second-order valence-corrected chi connectivity index (χ2v) is 3.99. The van der Waals surface area contributed by atoms with Crippen molar-refractivity contribution in [1.82, 2.24) is 10.3 Å². The lowest BCUT2D eigenvalue weighted by atomic mass is 10.1. The highest BCUT2D eigenvalue weighted by Crippen LogP contribution is 2.19. The van der Waals surface area contributed by atoms with E-state index in [4.69, 9.17) is 0 Å². The van der Waals surface area contributed by atoms with Gasteiger partial charge in [0, 0.05) is 37.2 Å². The van der Waals surface area contributed by atoms with Gasteiger partial charge in [-0.05, 0) is 38.4 Å². The number of likely N-dealkylation sites (N-methyl/N-ethyl adjacent to an activating group) is 1. The molecule has 0 saturated carbocycles. The van der Waals surface area contributed by atoms with Crippen molar-refractivity contribution in [1.29, 1.82) is 0 Å². The minimum Gasteiger partial charge on any atom is -0.367 e.